The molecule has 4 nitrogen and oxygen atoms in total. The zero-order valence-corrected chi connectivity index (χ0v) is 14.0. The first-order valence-electron chi connectivity index (χ1n) is 7.95. The van der Waals surface area contributed by atoms with Crippen LogP contribution in [0.5, 0.6) is 0 Å². The minimum Gasteiger partial charge on any atom is -0.403 e. The van der Waals surface area contributed by atoms with Crippen LogP contribution in [0.3, 0.4) is 0 Å². The summed E-state index contributed by atoms with van der Waals surface area (Å²) < 4.78 is 17.4. The summed E-state index contributed by atoms with van der Waals surface area (Å²) in [6, 6.07) is 9.96. The van der Waals surface area contributed by atoms with E-state index in [-0.39, 0.29) is 18.3 Å². The van der Waals surface area contributed by atoms with Crippen molar-refractivity contribution in [1.29, 1.82) is 0 Å². The van der Waals surface area contributed by atoms with Crippen molar-refractivity contribution in [2.45, 2.75) is 64.3 Å². The van der Waals surface area contributed by atoms with Crippen LogP contribution in [0.15, 0.2) is 30.3 Å². The van der Waals surface area contributed by atoms with Crippen LogP contribution in [-0.2, 0) is 20.7 Å². The van der Waals surface area contributed by atoms with Crippen molar-refractivity contribution in [3.8, 4) is 0 Å². The van der Waals surface area contributed by atoms with Gasteiger partial charge in [-0.05, 0) is 46.0 Å². The van der Waals surface area contributed by atoms with Crippen molar-refractivity contribution in [1.82, 2.24) is 0 Å². The van der Waals surface area contributed by atoms with E-state index in [1.807, 2.05) is 58.0 Å². The molecule has 5 heteroatoms. The molecule has 1 N–H and O–H groups in total. The zero-order chi connectivity index (χ0) is 16.2. The van der Waals surface area contributed by atoms with E-state index in [0.717, 1.165) is 5.56 Å². The Morgan fingerprint density at radius 1 is 1.09 bits per heavy atom. The highest BCUT2D eigenvalue weighted by Gasteiger charge is 2.50. The smallest absolute Gasteiger partial charge is 0.403 e. The fourth-order valence-corrected chi connectivity index (χ4v) is 2.38. The van der Waals surface area contributed by atoms with Gasteiger partial charge >= 0.3 is 7.12 Å². The first-order valence-corrected chi connectivity index (χ1v) is 7.95. The van der Waals surface area contributed by atoms with Crippen molar-refractivity contribution in [2.24, 2.45) is 0 Å². The van der Waals surface area contributed by atoms with E-state index in [1.54, 1.807) is 0 Å². The molecule has 0 spiro atoms. The number of ether oxygens (including phenoxy) is 1. The molecule has 1 heterocycles. The molecule has 0 aliphatic carbocycles. The Bertz CT molecular complexity index is 445. The Morgan fingerprint density at radius 2 is 1.68 bits per heavy atom. The fourth-order valence-electron chi connectivity index (χ4n) is 2.38. The molecule has 0 saturated carbocycles. The second kappa shape index (κ2) is 7.13. The highest BCUT2D eigenvalue weighted by molar-refractivity contribution is 6.45. The van der Waals surface area contributed by atoms with Gasteiger partial charge in [0.15, 0.2) is 0 Å². The summed E-state index contributed by atoms with van der Waals surface area (Å²) in [4.78, 5) is 0. The Labute approximate surface area is 133 Å². The van der Waals surface area contributed by atoms with E-state index in [2.05, 4.69) is 0 Å². The maximum Gasteiger partial charge on any atom is 0.457 e. The molecule has 1 fully saturated rings. The average Bonchev–Trinajstić information content (AvgIpc) is 2.66. The number of hydrogen-bond acceptors (Lipinski definition) is 4. The predicted molar refractivity (Wildman–Crippen MR) is 87.6 cm³/mol. The van der Waals surface area contributed by atoms with Gasteiger partial charge in [0.2, 0.25) is 0 Å². The summed E-state index contributed by atoms with van der Waals surface area (Å²) >= 11 is 0. The van der Waals surface area contributed by atoms with Gasteiger partial charge < -0.3 is 19.2 Å². The summed E-state index contributed by atoms with van der Waals surface area (Å²) in [6.07, 6.45) is 0.775. The quantitative estimate of drug-likeness (QED) is 0.787. The molecule has 0 amide bonds. The summed E-state index contributed by atoms with van der Waals surface area (Å²) in [6.45, 7) is 8.99. The molecule has 0 aromatic heterocycles. The lowest BCUT2D eigenvalue weighted by Crippen LogP contribution is -2.41. The maximum atomic E-state index is 10.0. The van der Waals surface area contributed by atoms with E-state index in [0.29, 0.717) is 26.0 Å². The molecular formula is C17H27BO4. The van der Waals surface area contributed by atoms with Crippen molar-refractivity contribution in [2.75, 3.05) is 6.61 Å². The molecule has 1 aromatic rings. The summed E-state index contributed by atoms with van der Waals surface area (Å²) in [7, 11) is -0.256. The van der Waals surface area contributed by atoms with Crippen molar-refractivity contribution < 1.29 is 19.2 Å². The number of rotatable bonds is 7. The van der Waals surface area contributed by atoms with Gasteiger partial charge in [-0.1, -0.05) is 30.3 Å². The third-order valence-electron chi connectivity index (χ3n) is 4.46. The molecule has 1 aliphatic rings. The Hall–Kier alpha value is -0.875. The van der Waals surface area contributed by atoms with Gasteiger partial charge in [-0.15, -0.1) is 0 Å². The second-order valence-corrected chi connectivity index (χ2v) is 6.92. The fraction of sp³-hybridized carbons (Fsp3) is 0.647. The van der Waals surface area contributed by atoms with Gasteiger partial charge in [-0.25, -0.2) is 0 Å². The Balaban J connectivity index is 1.65. The van der Waals surface area contributed by atoms with Crippen molar-refractivity contribution in [3.05, 3.63) is 35.9 Å². The highest BCUT2D eigenvalue weighted by Crippen LogP contribution is 2.38. The molecule has 0 bridgehead atoms. The predicted octanol–water partition coefficient (Wildman–Crippen LogP) is 3.05. The van der Waals surface area contributed by atoms with E-state index < -0.39 is 6.10 Å². The highest BCUT2D eigenvalue weighted by atomic mass is 16.7. The van der Waals surface area contributed by atoms with Crippen molar-refractivity contribution >= 4 is 7.12 Å². The molecule has 1 saturated heterocycles. The van der Waals surface area contributed by atoms with Gasteiger partial charge in [-0.3, -0.25) is 0 Å². The van der Waals surface area contributed by atoms with Gasteiger partial charge in [0.1, 0.15) is 0 Å². The molecule has 22 heavy (non-hydrogen) atoms. The molecule has 1 aliphatic heterocycles. The molecule has 1 unspecified atom stereocenters. The van der Waals surface area contributed by atoms with E-state index in [1.165, 1.54) is 0 Å². The average molecular weight is 306 g/mol. The van der Waals surface area contributed by atoms with Gasteiger partial charge in [-0.2, -0.15) is 0 Å². The molecule has 2 rings (SSSR count). The standard InChI is InChI=1S/C17H27BO4/c1-16(2)17(3,4)22-18(21-16)11-10-15(19)13-20-12-14-8-6-5-7-9-14/h5-9,15,19H,10-13H2,1-4H3. The van der Waals surface area contributed by atoms with Crippen molar-refractivity contribution in [3.63, 3.8) is 0 Å². The zero-order valence-electron chi connectivity index (χ0n) is 14.0. The first kappa shape index (κ1) is 17.5. The molecule has 1 aromatic carbocycles. The van der Waals surface area contributed by atoms with Gasteiger partial charge in [0.05, 0.1) is 30.5 Å². The minimum absolute atomic E-state index is 0.256. The third kappa shape index (κ3) is 4.56. The molecular weight excluding hydrogens is 279 g/mol. The number of benzene rings is 1. The van der Waals surface area contributed by atoms with Gasteiger partial charge in [0, 0.05) is 0 Å². The number of aliphatic hydroxyl groups excluding tert-OH is 1. The van der Waals surface area contributed by atoms with E-state index in [9.17, 15) is 5.11 Å². The van der Waals surface area contributed by atoms with Gasteiger partial charge in [0.25, 0.3) is 0 Å². The Kier molecular flexibility index (Phi) is 5.67. The number of hydrogen-bond donors (Lipinski definition) is 1. The Morgan fingerprint density at radius 3 is 2.27 bits per heavy atom. The van der Waals surface area contributed by atoms with Crippen LogP contribution in [-0.4, -0.2) is 36.1 Å². The molecule has 122 valence electrons. The largest absolute Gasteiger partial charge is 0.457 e. The summed E-state index contributed by atoms with van der Waals surface area (Å²) in [5.74, 6) is 0. The molecule has 0 radical (unpaired) electrons. The lowest BCUT2D eigenvalue weighted by atomic mass is 9.82. The van der Waals surface area contributed by atoms with E-state index >= 15 is 0 Å². The summed E-state index contributed by atoms with van der Waals surface area (Å²) in [5, 5.41) is 10.0. The third-order valence-corrected chi connectivity index (χ3v) is 4.46. The van der Waals surface area contributed by atoms with Crippen LogP contribution >= 0.6 is 0 Å². The SMILES string of the molecule is CC1(C)OB(CCC(O)COCc2ccccc2)OC1(C)C. The normalized spacial score (nSPS) is 21.0. The first-order chi connectivity index (χ1) is 10.3. The van der Waals surface area contributed by atoms with Crippen LogP contribution in [0.4, 0.5) is 0 Å². The minimum atomic E-state index is -0.497. The van der Waals surface area contributed by atoms with Crippen LogP contribution in [0.1, 0.15) is 39.7 Å². The molecule has 1 atom stereocenters. The number of aliphatic hydroxyl groups is 1. The lowest BCUT2D eigenvalue weighted by Gasteiger charge is -2.32. The lowest BCUT2D eigenvalue weighted by molar-refractivity contribution is 0.00578. The van der Waals surface area contributed by atoms with E-state index in [4.69, 9.17) is 14.0 Å². The monoisotopic (exact) mass is 306 g/mol. The van der Waals surface area contributed by atoms with Crippen LogP contribution in [0.2, 0.25) is 6.32 Å². The topological polar surface area (TPSA) is 47.9 Å². The van der Waals surface area contributed by atoms with Crippen LogP contribution in [0.25, 0.3) is 0 Å². The summed E-state index contributed by atoms with van der Waals surface area (Å²) in [5.41, 5.74) is 0.486. The van der Waals surface area contributed by atoms with Crippen LogP contribution < -0.4 is 0 Å². The van der Waals surface area contributed by atoms with Crippen LogP contribution in [0, 0.1) is 0 Å². The second-order valence-electron chi connectivity index (χ2n) is 6.92. The maximum absolute atomic E-state index is 10.0.